The molecule has 0 fully saturated rings. The number of aryl methyl sites for hydroxylation is 1. The molecule has 0 aliphatic heterocycles. The van der Waals surface area contributed by atoms with Gasteiger partial charge in [-0.2, -0.15) is 5.10 Å². The van der Waals surface area contributed by atoms with Crippen LogP contribution in [0.4, 0.5) is 11.5 Å². The van der Waals surface area contributed by atoms with E-state index in [1.807, 2.05) is 28.9 Å². The first-order chi connectivity index (χ1) is 9.70. The molecule has 0 unspecified atom stereocenters. The molecule has 6 nitrogen and oxygen atoms in total. The van der Waals surface area contributed by atoms with Crippen LogP contribution in [0.3, 0.4) is 0 Å². The minimum Gasteiger partial charge on any atom is -0.399 e. The summed E-state index contributed by atoms with van der Waals surface area (Å²) in [5.74, 6) is 0.448. The molecule has 2 aromatic heterocycles. The Morgan fingerprint density at radius 2 is 1.85 bits per heavy atom. The molecule has 0 radical (unpaired) electrons. The summed E-state index contributed by atoms with van der Waals surface area (Å²) in [5, 5.41) is 5.43. The van der Waals surface area contributed by atoms with Gasteiger partial charge in [-0.05, 0) is 18.6 Å². The summed E-state index contributed by atoms with van der Waals surface area (Å²) in [7, 11) is 0. The normalized spacial score (nSPS) is 11.1. The zero-order valence-corrected chi connectivity index (χ0v) is 11.2. The van der Waals surface area contributed by atoms with Crippen molar-refractivity contribution in [3.8, 4) is 11.3 Å². The quantitative estimate of drug-likeness (QED) is 0.709. The Morgan fingerprint density at radius 1 is 1.10 bits per heavy atom. The van der Waals surface area contributed by atoms with Crippen LogP contribution in [0.2, 0.25) is 0 Å². The summed E-state index contributed by atoms with van der Waals surface area (Å²) >= 11 is 0. The van der Waals surface area contributed by atoms with Crippen molar-refractivity contribution in [2.75, 3.05) is 11.5 Å². The molecular formula is C14H16N6. The lowest BCUT2D eigenvalue weighted by atomic mass is 10.1. The zero-order chi connectivity index (χ0) is 14.1. The van der Waals surface area contributed by atoms with E-state index < -0.39 is 0 Å². The Morgan fingerprint density at radius 3 is 2.55 bits per heavy atom. The Kier molecular flexibility index (Phi) is 2.98. The molecule has 4 N–H and O–H groups in total. The van der Waals surface area contributed by atoms with Crippen molar-refractivity contribution in [2.45, 2.75) is 19.9 Å². The molecule has 2 heterocycles. The predicted octanol–water partition coefficient (Wildman–Crippen LogP) is 2.07. The topological polar surface area (TPSA) is 95.6 Å². The minimum absolute atomic E-state index is 0.448. The molecule has 0 amide bonds. The van der Waals surface area contributed by atoms with Crippen LogP contribution in [0.1, 0.15) is 13.3 Å². The minimum atomic E-state index is 0.448. The lowest BCUT2D eigenvalue weighted by molar-refractivity contribution is 0.619. The van der Waals surface area contributed by atoms with E-state index in [1.54, 1.807) is 0 Å². The Balaban J connectivity index is 2.27. The molecule has 1 aromatic carbocycles. The third-order valence-corrected chi connectivity index (χ3v) is 3.18. The van der Waals surface area contributed by atoms with Crippen LogP contribution in [0, 0.1) is 0 Å². The summed E-state index contributed by atoms with van der Waals surface area (Å²) in [6.07, 6.45) is 2.44. The second-order valence-corrected chi connectivity index (χ2v) is 4.65. The van der Waals surface area contributed by atoms with Gasteiger partial charge >= 0.3 is 0 Å². The Hall–Kier alpha value is -2.63. The van der Waals surface area contributed by atoms with Gasteiger partial charge < -0.3 is 11.5 Å². The fourth-order valence-electron chi connectivity index (χ4n) is 2.24. The summed E-state index contributed by atoms with van der Waals surface area (Å²) in [6, 6.07) is 7.56. The molecular weight excluding hydrogens is 252 g/mol. The van der Waals surface area contributed by atoms with E-state index in [9.17, 15) is 0 Å². The molecule has 0 aliphatic rings. The highest BCUT2D eigenvalue weighted by Gasteiger charge is 2.16. The molecule has 3 aromatic rings. The fourth-order valence-corrected chi connectivity index (χ4v) is 2.24. The molecule has 0 saturated heterocycles. The SMILES string of the molecule is CCCn1nc(-c2ccc(N)cc2)c2c(N)ncnc21. The third kappa shape index (κ3) is 1.95. The molecule has 0 atom stereocenters. The fraction of sp³-hybridized carbons (Fsp3) is 0.214. The van der Waals surface area contributed by atoms with Crippen LogP contribution in [0.15, 0.2) is 30.6 Å². The first kappa shape index (κ1) is 12.4. The number of nitrogens with zero attached hydrogens (tertiary/aromatic N) is 4. The van der Waals surface area contributed by atoms with Crippen molar-refractivity contribution in [1.29, 1.82) is 0 Å². The van der Waals surface area contributed by atoms with Gasteiger partial charge in [-0.15, -0.1) is 0 Å². The van der Waals surface area contributed by atoms with Gasteiger partial charge in [0.1, 0.15) is 17.8 Å². The molecule has 0 saturated carbocycles. The molecule has 0 bridgehead atoms. The molecule has 0 spiro atoms. The van der Waals surface area contributed by atoms with Crippen molar-refractivity contribution < 1.29 is 0 Å². The van der Waals surface area contributed by atoms with Crippen LogP contribution in [0.25, 0.3) is 22.3 Å². The van der Waals surface area contributed by atoms with Crippen LogP contribution in [0.5, 0.6) is 0 Å². The molecule has 3 rings (SSSR count). The van der Waals surface area contributed by atoms with Gasteiger partial charge in [0, 0.05) is 17.8 Å². The molecule has 0 aliphatic carbocycles. The standard InChI is InChI=1S/C14H16N6/c1-2-7-20-14-11(13(16)17-8-18-14)12(19-20)9-3-5-10(15)6-4-9/h3-6,8H,2,7,15H2,1H3,(H2,16,17,18). The van der Waals surface area contributed by atoms with E-state index in [1.165, 1.54) is 6.33 Å². The van der Waals surface area contributed by atoms with Gasteiger partial charge in [-0.25, -0.2) is 14.6 Å². The van der Waals surface area contributed by atoms with Crippen LogP contribution >= 0.6 is 0 Å². The Labute approximate surface area is 116 Å². The number of benzene rings is 1. The van der Waals surface area contributed by atoms with Crippen molar-refractivity contribution in [1.82, 2.24) is 19.7 Å². The van der Waals surface area contributed by atoms with Gasteiger partial charge in [0.2, 0.25) is 0 Å². The van der Waals surface area contributed by atoms with E-state index in [0.717, 1.165) is 40.9 Å². The van der Waals surface area contributed by atoms with E-state index in [-0.39, 0.29) is 0 Å². The van der Waals surface area contributed by atoms with Crippen LogP contribution in [-0.2, 0) is 6.54 Å². The second-order valence-electron chi connectivity index (χ2n) is 4.65. The number of nitrogens with two attached hydrogens (primary N) is 2. The number of fused-ring (bicyclic) bond motifs is 1. The number of nitrogen functional groups attached to an aromatic ring is 2. The van der Waals surface area contributed by atoms with E-state index in [4.69, 9.17) is 11.5 Å². The summed E-state index contributed by atoms with van der Waals surface area (Å²) < 4.78 is 1.87. The van der Waals surface area contributed by atoms with Crippen LogP contribution < -0.4 is 11.5 Å². The molecule has 102 valence electrons. The second kappa shape index (κ2) is 4.80. The number of rotatable bonds is 3. The number of anilines is 2. The molecule has 6 heteroatoms. The highest BCUT2D eigenvalue weighted by atomic mass is 15.3. The first-order valence-electron chi connectivity index (χ1n) is 6.53. The average molecular weight is 268 g/mol. The van der Waals surface area contributed by atoms with Crippen LogP contribution in [-0.4, -0.2) is 19.7 Å². The third-order valence-electron chi connectivity index (χ3n) is 3.18. The zero-order valence-electron chi connectivity index (χ0n) is 11.2. The van der Waals surface area contributed by atoms with Crippen molar-refractivity contribution in [2.24, 2.45) is 0 Å². The van der Waals surface area contributed by atoms with Gasteiger partial charge in [0.25, 0.3) is 0 Å². The maximum absolute atomic E-state index is 6.00. The van der Waals surface area contributed by atoms with E-state index >= 15 is 0 Å². The van der Waals surface area contributed by atoms with E-state index in [0.29, 0.717) is 5.82 Å². The van der Waals surface area contributed by atoms with Gasteiger partial charge in [-0.1, -0.05) is 19.1 Å². The first-order valence-corrected chi connectivity index (χ1v) is 6.53. The summed E-state index contributed by atoms with van der Waals surface area (Å²) in [6.45, 7) is 2.89. The smallest absolute Gasteiger partial charge is 0.163 e. The summed E-state index contributed by atoms with van der Waals surface area (Å²) in [5.41, 5.74) is 15.0. The highest BCUT2D eigenvalue weighted by Crippen LogP contribution is 2.30. The number of aromatic nitrogens is 4. The van der Waals surface area contributed by atoms with Crippen molar-refractivity contribution in [3.63, 3.8) is 0 Å². The Bertz CT molecular complexity index is 744. The summed E-state index contributed by atoms with van der Waals surface area (Å²) in [4.78, 5) is 8.38. The van der Waals surface area contributed by atoms with Gasteiger partial charge in [0.05, 0.1) is 5.39 Å². The maximum atomic E-state index is 6.00. The lowest BCUT2D eigenvalue weighted by Crippen LogP contribution is -2.00. The predicted molar refractivity (Wildman–Crippen MR) is 79.9 cm³/mol. The maximum Gasteiger partial charge on any atom is 0.163 e. The largest absolute Gasteiger partial charge is 0.399 e. The van der Waals surface area contributed by atoms with E-state index in [2.05, 4.69) is 22.0 Å². The number of hydrogen-bond donors (Lipinski definition) is 2. The highest BCUT2D eigenvalue weighted by molar-refractivity contribution is 5.98. The monoisotopic (exact) mass is 268 g/mol. The van der Waals surface area contributed by atoms with Gasteiger partial charge in [0.15, 0.2) is 5.65 Å². The van der Waals surface area contributed by atoms with Gasteiger partial charge in [-0.3, -0.25) is 0 Å². The van der Waals surface area contributed by atoms with Crippen molar-refractivity contribution in [3.05, 3.63) is 30.6 Å². The number of hydrogen-bond acceptors (Lipinski definition) is 5. The average Bonchev–Trinajstić information content (AvgIpc) is 2.81. The lowest BCUT2D eigenvalue weighted by Gasteiger charge is -1.99. The van der Waals surface area contributed by atoms with Crippen molar-refractivity contribution >= 4 is 22.5 Å². The molecule has 20 heavy (non-hydrogen) atoms.